The Morgan fingerprint density at radius 1 is 1.27 bits per heavy atom. The van der Waals surface area contributed by atoms with Crippen molar-refractivity contribution < 1.29 is 4.79 Å². The summed E-state index contributed by atoms with van der Waals surface area (Å²) in [6.07, 6.45) is 0. The lowest BCUT2D eigenvalue weighted by Gasteiger charge is -2.11. The molecule has 2 aromatic rings. The third-order valence-corrected chi connectivity index (χ3v) is 2.56. The fraction of sp³-hybridized carbons (Fsp3) is 0.0769. The number of aromatic nitrogens is 2. The molecule has 0 saturated heterocycles. The molecule has 0 fully saturated rings. The van der Waals surface area contributed by atoms with Gasteiger partial charge < -0.3 is 16.4 Å². The fourth-order valence-corrected chi connectivity index (χ4v) is 1.66. The first-order valence-corrected chi connectivity index (χ1v) is 6.09. The van der Waals surface area contributed by atoms with Gasteiger partial charge in [0.2, 0.25) is 11.9 Å². The van der Waals surface area contributed by atoms with E-state index in [2.05, 4.69) is 25.8 Å². The molecule has 4 N–H and O–H groups in total. The molecule has 0 aliphatic carbocycles. The monoisotopic (exact) mass is 297 g/mol. The van der Waals surface area contributed by atoms with Crippen molar-refractivity contribution in [3.63, 3.8) is 0 Å². The number of carbonyl (C=O) groups is 1. The minimum Gasteiger partial charge on any atom is -0.368 e. The van der Waals surface area contributed by atoms with Crippen molar-refractivity contribution in [2.45, 2.75) is 6.92 Å². The Balaban J connectivity index is 2.40. The Kier molecular flexibility index (Phi) is 4.24. The first-order chi connectivity index (χ1) is 10.5. The second-order valence-electron chi connectivity index (χ2n) is 4.21. The van der Waals surface area contributed by atoms with Crippen LogP contribution < -0.4 is 16.4 Å². The van der Waals surface area contributed by atoms with Crippen LogP contribution in [0.1, 0.15) is 12.5 Å². The minimum atomic E-state index is -0.424. The molecule has 0 radical (unpaired) electrons. The van der Waals surface area contributed by atoms with E-state index in [0.717, 1.165) is 0 Å². The standard InChI is InChI=1S/C13H11N7O2/c1-7(21)16-11-10(20-22)12(19-13(15)18-11)17-9-4-2-8(6-14)3-5-9/h2-5H,1H3,(H4,15,16,17,18,19,21). The van der Waals surface area contributed by atoms with Crippen LogP contribution in [0.5, 0.6) is 0 Å². The molecule has 0 saturated carbocycles. The van der Waals surface area contributed by atoms with Gasteiger partial charge in [-0.1, -0.05) is 0 Å². The Labute approximate surface area is 125 Å². The van der Waals surface area contributed by atoms with Gasteiger partial charge in [0.05, 0.1) is 11.6 Å². The summed E-state index contributed by atoms with van der Waals surface area (Å²) in [4.78, 5) is 29.8. The minimum absolute atomic E-state index is 0.0518. The number of nitrogens with zero attached hydrogens (tertiary/aromatic N) is 4. The van der Waals surface area contributed by atoms with E-state index in [1.165, 1.54) is 6.92 Å². The number of rotatable bonds is 4. The third-order valence-electron chi connectivity index (χ3n) is 2.56. The number of carbonyl (C=O) groups excluding carboxylic acids is 1. The van der Waals surface area contributed by atoms with Crippen molar-refractivity contribution in [2.24, 2.45) is 5.18 Å². The van der Waals surface area contributed by atoms with Gasteiger partial charge >= 0.3 is 0 Å². The van der Waals surface area contributed by atoms with Crippen LogP contribution in [0.2, 0.25) is 0 Å². The molecule has 9 heteroatoms. The topological polar surface area (TPSA) is 146 Å². The van der Waals surface area contributed by atoms with Gasteiger partial charge in [-0.3, -0.25) is 4.79 Å². The first-order valence-electron chi connectivity index (χ1n) is 6.09. The molecule has 0 aliphatic rings. The predicted molar refractivity (Wildman–Crippen MR) is 80.6 cm³/mol. The zero-order chi connectivity index (χ0) is 16.1. The van der Waals surface area contributed by atoms with E-state index in [1.807, 2.05) is 6.07 Å². The highest BCUT2D eigenvalue weighted by Gasteiger charge is 2.16. The van der Waals surface area contributed by atoms with Crippen LogP contribution in [0, 0.1) is 16.2 Å². The molecule has 0 aliphatic heterocycles. The Bertz CT molecular complexity index is 765. The van der Waals surface area contributed by atoms with Gasteiger partial charge in [-0.25, -0.2) is 0 Å². The highest BCUT2D eigenvalue weighted by atomic mass is 16.3. The van der Waals surface area contributed by atoms with E-state index in [4.69, 9.17) is 11.0 Å². The first kappa shape index (κ1) is 14.9. The molecule has 110 valence electrons. The Morgan fingerprint density at radius 2 is 1.91 bits per heavy atom. The van der Waals surface area contributed by atoms with E-state index in [0.29, 0.717) is 11.3 Å². The molecule has 1 heterocycles. The number of hydrogen-bond acceptors (Lipinski definition) is 8. The summed E-state index contributed by atoms with van der Waals surface area (Å²) >= 11 is 0. The zero-order valence-electron chi connectivity index (χ0n) is 11.5. The van der Waals surface area contributed by atoms with Crippen LogP contribution in [0.4, 0.5) is 29.0 Å². The van der Waals surface area contributed by atoms with Crippen LogP contribution in [0.3, 0.4) is 0 Å². The average molecular weight is 297 g/mol. The number of nitriles is 1. The van der Waals surface area contributed by atoms with Gasteiger partial charge in [0, 0.05) is 12.6 Å². The van der Waals surface area contributed by atoms with Crippen LogP contribution in [0.15, 0.2) is 29.4 Å². The molecule has 2 rings (SSSR count). The molecule has 1 aromatic heterocycles. The van der Waals surface area contributed by atoms with Crippen LogP contribution >= 0.6 is 0 Å². The van der Waals surface area contributed by atoms with Gasteiger partial charge in [-0.2, -0.15) is 15.2 Å². The van der Waals surface area contributed by atoms with Crippen molar-refractivity contribution in [1.82, 2.24) is 9.97 Å². The molecule has 0 unspecified atom stereocenters. The lowest BCUT2D eigenvalue weighted by atomic mass is 10.2. The van der Waals surface area contributed by atoms with Crippen LogP contribution in [-0.4, -0.2) is 15.9 Å². The number of anilines is 4. The number of hydrogen-bond donors (Lipinski definition) is 3. The molecule has 1 amide bonds. The van der Waals surface area contributed by atoms with Crippen molar-refractivity contribution >= 4 is 34.9 Å². The van der Waals surface area contributed by atoms with Crippen LogP contribution in [-0.2, 0) is 4.79 Å². The molecule has 1 aromatic carbocycles. The normalized spacial score (nSPS) is 9.64. The summed E-state index contributed by atoms with van der Waals surface area (Å²) in [5.41, 5.74) is 6.44. The van der Waals surface area contributed by atoms with Crippen molar-refractivity contribution in [1.29, 1.82) is 5.26 Å². The highest BCUT2D eigenvalue weighted by Crippen LogP contribution is 2.33. The van der Waals surface area contributed by atoms with Crippen molar-refractivity contribution in [3.05, 3.63) is 34.7 Å². The molecule has 0 spiro atoms. The summed E-state index contributed by atoms with van der Waals surface area (Å²) < 4.78 is 0. The summed E-state index contributed by atoms with van der Waals surface area (Å²) in [6, 6.07) is 8.43. The number of amides is 1. The Morgan fingerprint density at radius 3 is 2.45 bits per heavy atom. The number of nitroso groups, excluding NO2 is 1. The quantitative estimate of drug-likeness (QED) is 0.731. The lowest BCUT2D eigenvalue weighted by Crippen LogP contribution is -2.11. The van der Waals surface area contributed by atoms with Crippen molar-refractivity contribution in [3.8, 4) is 6.07 Å². The number of nitrogens with two attached hydrogens (primary N) is 1. The molecule has 9 nitrogen and oxygen atoms in total. The third kappa shape index (κ3) is 3.31. The Hall–Kier alpha value is -3.54. The summed E-state index contributed by atoms with van der Waals surface area (Å²) in [5.74, 6) is -0.582. The molecular formula is C13H11N7O2. The predicted octanol–water partition coefficient (Wildman–Crippen LogP) is 2.03. The van der Waals surface area contributed by atoms with Gasteiger partial charge in [0.25, 0.3) is 0 Å². The second-order valence-corrected chi connectivity index (χ2v) is 4.21. The lowest BCUT2D eigenvalue weighted by molar-refractivity contribution is -0.114. The fourth-order valence-electron chi connectivity index (χ4n) is 1.66. The summed E-state index contributed by atoms with van der Waals surface area (Å²) in [5, 5.41) is 16.8. The maximum Gasteiger partial charge on any atom is 0.224 e. The maximum absolute atomic E-state index is 11.1. The maximum atomic E-state index is 11.1. The number of nitrogens with one attached hydrogen (secondary N) is 2. The van der Waals surface area contributed by atoms with E-state index in [-0.39, 0.29) is 23.3 Å². The van der Waals surface area contributed by atoms with Gasteiger partial charge in [-0.15, -0.1) is 4.91 Å². The van der Waals surface area contributed by atoms with Gasteiger partial charge in [-0.05, 0) is 29.4 Å². The van der Waals surface area contributed by atoms with E-state index >= 15 is 0 Å². The second kappa shape index (κ2) is 6.27. The number of nitrogen functional groups attached to an aromatic ring is 1. The SMILES string of the molecule is CC(=O)Nc1nc(N)nc(Nc2ccc(C#N)cc2)c1N=O. The average Bonchev–Trinajstić information content (AvgIpc) is 2.47. The largest absolute Gasteiger partial charge is 0.368 e. The molecular weight excluding hydrogens is 286 g/mol. The van der Waals surface area contributed by atoms with Gasteiger partial charge in [0.1, 0.15) is 0 Å². The molecule has 0 bridgehead atoms. The summed E-state index contributed by atoms with van der Waals surface area (Å²) in [6.45, 7) is 1.26. The zero-order valence-corrected chi connectivity index (χ0v) is 11.5. The molecule has 22 heavy (non-hydrogen) atoms. The van der Waals surface area contributed by atoms with Crippen molar-refractivity contribution in [2.75, 3.05) is 16.4 Å². The highest BCUT2D eigenvalue weighted by molar-refractivity contribution is 5.93. The van der Waals surface area contributed by atoms with E-state index in [1.54, 1.807) is 24.3 Å². The van der Waals surface area contributed by atoms with Crippen LogP contribution in [0.25, 0.3) is 0 Å². The summed E-state index contributed by atoms with van der Waals surface area (Å²) in [7, 11) is 0. The van der Waals surface area contributed by atoms with E-state index < -0.39 is 5.91 Å². The van der Waals surface area contributed by atoms with Gasteiger partial charge in [0.15, 0.2) is 17.3 Å². The number of benzene rings is 1. The molecule has 0 atom stereocenters. The smallest absolute Gasteiger partial charge is 0.224 e. The van der Waals surface area contributed by atoms with E-state index in [9.17, 15) is 9.70 Å².